The summed E-state index contributed by atoms with van der Waals surface area (Å²) in [5, 5.41) is 13.5. The van der Waals surface area contributed by atoms with E-state index in [1.165, 1.54) is 23.5 Å². The third-order valence-corrected chi connectivity index (χ3v) is 6.74. The Balaban J connectivity index is 1.42. The highest BCUT2D eigenvalue weighted by atomic mass is 19.4. The quantitative estimate of drug-likeness (QED) is 0.426. The van der Waals surface area contributed by atoms with E-state index in [4.69, 9.17) is 0 Å². The van der Waals surface area contributed by atoms with Gasteiger partial charge in [0.25, 0.3) is 5.91 Å². The number of hydroxylamine groups is 2. The van der Waals surface area contributed by atoms with Crippen molar-refractivity contribution >= 4 is 28.9 Å². The maximum Gasteiger partial charge on any atom is 0.416 e. The van der Waals surface area contributed by atoms with Crippen LogP contribution in [0, 0.1) is 0 Å². The molecule has 2 fully saturated rings. The van der Waals surface area contributed by atoms with Crippen molar-refractivity contribution < 1.29 is 28.0 Å². The predicted molar refractivity (Wildman–Crippen MR) is 134 cm³/mol. The fraction of sp³-hybridized carbons (Fsp3) is 0.462. The van der Waals surface area contributed by atoms with Crippen LogP contribution >= 0.6 is 0 Å². The first-order valence-corrected chi connectivity index (χ1v) is 12.4. The van der Waals surface area contributed by atoms with E-state index in [2.05, 4.69) is 10.2 Å². The van der Waals surface area contributed by atoms with Crippen LogP contribution in [0.1, 0.15) is 30.4 Å². The predicted octanol–water partition coefficient (Wildman–Crippen LogP) is 3.93. The van der Waals surface area contributed by atoms with Gasteiger partial charge in [-0.05, 0) is 68.3 Å². The van der Waals surface area contributed by atoms with E-state index in [1.54, 1.807) is 11.9 Å². The lowest BCUT2D eigenvalue weighted by Crippen LogP contribution is -2.51. The Morgan fingerprint density at radius 2 is 1.68 bits per heavy atom. The standard InChI is InChI=1S/C26H32F3N5O3/c1-31-13-14-33(24(35)17-31)18-25(36)34(37)16-19-5-6-21(15-23(19)26(27,28)29)30-20-7-9-22(10-8-20)32-11-3-2-4-12-32/h5-10,15,30,37H,2-4,11-14,16-18H2,1H3. The first-order valence-electron chi connectivity index (χ1n) is 12.4. The Morgan fingerprint density at radius 1 is 1.00 bits per heavy atom. The molecule has 2 N–H and O–H groups in total. The fourth-order valence-electron chi connectivity index (χ4n) is 4.62. The highest BCUT2D eigenvalue weighted by Gasteiger charge is 2.35. The number of benzene rings is 2. The zero-order valence-electron chi connectivity index (χ0n) is 20.8. The number of piperazine rings is 1. The highest BCUT2D eigenvalue weighted by Crippen LogP contribution is 2.35. The fourth-order valence-corrected chi connectivity index (χ4v) is 4.62. The average Bonchev–Trinajstić information content (AvgIpc) is 2.87. The van der Waals surface area contributed by atoms with Crippen molar-refractivity contribution in [2.24, 2.45) is 0 Å². The van der Waals surface area contributed by atoms with Crippen LogP contribution in [0.3, 0.4) is 0 Å². The molecule has 11 heteroatoms. The van der Waals surface area contributed by atoms with Crippen LogP contribution < -0.4 is 10.2 Å². The van der Waals surface area contributed by atoms with E-state index < -0.39 is 30.7 Å². The van der Waals surface area contributed by atoms with Gasteiger partial charge >= 0.3 is 6.18 Å². The molecule has 2 aliphatic rings. The summed E-state index contributed by atoms with van der Waals surface area (Å²) in [7, 11) is 1.78. The lowest BCUT2D eigenvalue weighted by Gasteiger charge is -2.32. The molecule has 2 aromatic carbocycles. The topological polar surface area (TPSA) is 79.4 Å². The molecule has 0 radical (unpaired) electrons. The maximum atomic E-state index is 13.9. The van der Waals surface area contributed by atoms with Gasteiger partial charge in [-0.15, -0.1) is 0 Å². The molecule has 2 amide bonds. The monoisotopic (exact) mass is 519 g/mol. The number of rotatable bonds is 7. The second kappa shape index (κ2) is 11.4. The second-order valence-electron chi connectivity index (χ2n) is 9.59. The average molecular weight is 520 g/mol. The Kier molecular flexibility index (Phi) is 8.23. The van der Waals surface area contributed by atoms with Crippen molar-refractivity contribution in [3.8, 4) is 0 Å². The van der Waals surface area contributed by atoms with Gasteiger partial charge in [-0.3, -0.25) is 19.7 Å². The van der Waals surface area contributed by atoms with E-state index in [1.807, 2.05) is 24.3 Å². The second-order valence-corrected chi connectivity index (χ2v) is 9.59. The maximum absolute atomic E-state index is 13.9. The van der Waals surface area contributed by atoms with Gasteiger partial charge in [0.05, 0.1) is 18.7 Å². The SMILES string of the molecule is CN1CCN(CC(=O)N(O)Cc2ccc(Nc3ccc(N4CCCCC4)cc3)cc2C(F)(F)F)C(=O)C1. The van der Waals surface area contributed by atoms with Crippen LogP contribution in [0.15, 0.2) is 42.5 Å². The first-order chi connectivity index (χ1) is 17.6. The molecular formula is C26H32F3N5O3. The minimum Gasteiger partial charge on any atom is -0.372 e. The summed E-state index contributed by atoms with van der Waals surface area (Å²) < 4.78 is 41.6. The van der Waals surface area contributed by atoms with Gasteiger partial charge in [0.1, 0.15) is 6.54 Å². The zero-order chi connectivity index (χ0) is 26.6. The van der Waals surface area contributed by atoms with Gasteiger partial charge < -0.3 is 15.1 Å². The Labute approximate surface area is 214 Å². The number of carbonyl (C=O) groups excluding carboxylic acids is 2. The van der Waals surface area contributed by atoms with Crippen LogP contribution in [0.2, 0.25) is 0 Å². The minimum atomic E-state index is -4.69. The van der Waals surface area contributed by atoms with E-state index in [0.29, 0.717) is 18.8 Å². The van der Waals surface area contributed by atoms with Crippen molar-refractivity contribution in [2.75, 3.05) is 56.5 Å². The van der Waals surface area contributed by atoms with Gasteiger partial charge in [-0.2, -0.15) is 13.2 Å². The summed E-state index contributed by atoms with van der Waals surface area (Å²) in [6.45, 7) is 1.98. The molecule has 2 aliphatic heterocycles. The lowest BCUT2D eigenvalue weighted by atomic mass is 10.1. The van der Waals surface area contributed by atoms with Crippen molar-refractivity contribution in [3.05, 3.63) is 53.6 Å². The number of amides is 2. The van der Waals surface area contributed by atoms with Crippen molar-refractivity contribution in [3.63, 3.8) is 0 Å². The molecule has 0 saturated carbocycles. The number of hydrogen-bond acceptors (Lipinski definition) is 6. The zero-order valence-corrected chi connectivity index (χ0v) is 20.8. The van der Waals surface area contributed by atoms with Crippen LogP contribution in [-0.4, -0.2) is 78.2 Å². The molecule has 2 aromatic rings. The van der Waals surface area contributed by atoms with Gasteiger partial charge in [0.15, 0.2) is 0 Å². The largest absolute Gasteiger partial charge is 0.416 e. The van der Waals surface area contributed by atoms with E-state index in [0.717, 1.165) is 37.7 Å². The molecule has 0 atom stereocenters. The molecule has 0 unspecified atom stereocenters. The lowest BCUT2D eigenvalue weighted by molar-refractivity contribution is -0.172. The summed E-state index contributed by atoms with van der Waals surface area (Å²) in [6, 6.07) is 11.3. The molecule has 4 rings (SSSR count). The number of piperidine rings is 1. The molecule has 0 aliphatic carbocycles. The number of nitrogens with one attached hydrogen (secondary N) is 1. The van der Waals surface area contributed by atoms with E-state index in [9.17, 15) is 28.0 Å². The Hall–Kier alpha value is -3.31. The van der Waals surface area contributed by atoms with Crippen molar-refractivity contribution in [1.29, 1.82) is 0 Å². The van der Waals surface area contributed by atoms with Crippen LogP contribution in [-0.2, 0) is 22.3 Å². The van der Waals surface area contributed by atoms with Gasteiger partial charge in [0, 0.05) is 43.2 Å². The molecule has 0 bridgehead atoms. The van der Waals surface area contributed by atoms with E-state index >= 15 is 0 Å². The number of alkyl halides is 3. The molecular weight excluding hydrogens is 487 g/mol. The number of halogens is 3. The number of hydrogen-bond donors (Lipinski definition) is 2. The van der Waals surface area contributed by atoms with Crippen LogP contribution in [0.5, 0.6) is 0 Å². The Bertz CT molecular complexity index is 1100. The van der Waals surface area contributed by atoms with Crippen LogP contribution in [0.25, 0.3) is 0 Å². The summed E-state index contributed by atoms with van der Waals surface area (Å²) in [6.07, 6.45) is -1.16. The number of anilines is 3. The van der Waals surface area contributed by atoms with Crippen LogP contribution in [0.4, 0.5) is 30.2 Å². The van der Waals surface area contributed by atoms with Crippen molar-refractivity contribution in [1.82, 2.24) is 14.9 Å². The molecule has 200 valence electrons. The molecule has 2 saturated heterocycles. The van der Waals surface area contributed by atoms with Gasteiger partial charge in [-0.25, -0.2) is 5.06 Å². The third-order valence-electron chi connectivity index (χ3n) is 6.74. The smallest absolute Gasteiger partial charge is 0.372 e. The number of nitrogens with zero attached hydrogens (tertiary/aromatic N) is 4. The summed E-state index contributed by atoms with van der Waals surface area (Å²) in [4.78, 5) is 29.9. The first kappa shape index (κ1) is 26.7. The molecule has 0 aromatic heterocycles. The van der Waals surface area contributed by atoms with Gasteiger partial charge in [0.2, 0.25) is 5.91 Å². The highest BCUT2D eigenvalue weighted by molar-refractivity contribution is 5.85. The molecule has 0 spiro atoms. The summed E-state index contributed by atoms with van der Waals surface area (Å²) in [5.41, 5.74) is 0.768. The molecule has 8 nitrogen and oxygen atoms in total. The third kappa shape index (κ3) is 6.92. The number of carbonyl (C=O) groups is 2. The van der Waals surface area contributed by atoms with E-state index in [-0.39, 0.29) is 28.8 Å². The van der Waals surface area contributed by atoms with Crippen molar-refractivity contribution in [2.45, 2.75) is 32.0 Å². The Morgan fingerprint density at radius 3 is 2.32 bits per heavy atom. The number of likely N-dealkylation sites (N-methyl/N-ethyl adjacent to an activating group) is 1. The molecule has 2 heterocycles. The summed E-state index contributed by atoms with van der Waals surface area (Å²) >= 11 is 0. The molecule has 37 heavy (non-hydrogen) atoms. The minimum absolute atomic E-state index is 0.145. The van der Waals surface area contributed by atoms with Gasteiger partial charge in [-0.1, -0.05) is 6.07 Å². The normalized spacial score (nSPS) is 17.2. The summed E-state index contributed by atoms with van der Waals surface area (Å²) in [5.74, 6) is -1.12.